The highest BCUT2D eigenvalue weighted by Crippen LogP contribution is 2.26. The first kappa shape index (κ1) is 21.6. The van der Waals surface area contributed by atoms with Crippen molar-refractivity contribution in [3.8, 4) is 16.9 Å². The van der Waals surface area contributed by atoms with Crippen LogP contribution in [-0.4, -0.2) is 58.8 Å². The Kier molecular flexibility index (Phi) is 6.93. The van der Waals surface area contributed by atoms with Crippen molar-refractivity contribution in [2.24, 2.45) is 0 Å². The fourth-order valence-electron chi connectivity index (χ4n) is 4.29. The molecule has 33 heavy (non-hydrogen) atoms. The molecule has 3 aliphatic rings. The van der Waals surface area contributed by atoms with Crippen LogP contribution in [0.5, 0.6) is 5.75 Å². The molecule has 0 radical (unpaired) electrons. The second-order valence-electron chi connectivity index (χ2n) is 8.61. The van der Waals surface area contributed by atoms with E-state index in [-0.39, 0.29) is 6.10 Å². The van der Waals surface area contributed by atoms with Crippen LogP contribution in [0, 0.1) is 0 Å². The van der Waals surface area contributed by atoms with Gasteiger partial charge in [0.1, 0.15) is 11.6 Å². The summed E-state index contributed by atoms with van der Waals surface area (Å²) >= 11 is 0. The van der Waals surface area contributed by atoms with Gasteiger partial charge >= 0.3 is 0 Å². The lowest BCUT2D eigenvalue weighted by Gasteiger charge is -2.21. The van der Waals surface area contributed by atoms with E-state index >= 15 is 0 Å². The topological polar surface area (TPSA) is 87.2 Å². The first-order chi connectivity index (χ1) is 16.3. The van der Waals surface area contributed by atoms with Crippen molar-refractivity contribution in [1.29, 1.82) is 0 Å². The summed E-state index contributed by atoms with van der Waals surface area (Å²) in [5, 5.41) is 10.3. The average Bonchev–Trinajstić information content (AvgIpc) is 3.07. The molecule has 1 aromatic carbocycles. The van der Waals surface area contributed by atoms with Gasteiger partial charge in [-0.25, -0.2) is 15.0 Å². The minimum absolute atomic E-state index is 0.247. The van der Waals surface area contributed by atoms with Crippen LogP contribution in [0.3, 0.4) is 0 Å². The van der Waals surface area contributed by atoms with Crippen LogP contribution in [0.4, 0.5) is 17.5 Å². The van der Waals surface area contributed by atoms with E-state index < -0.39 is 0 Å². The Labute approximate surface area is 194 Å². The fraction of sp³-hybridized carbons (Fsp3) is 0.400. The molecule has 5 heterocycles. The molecule has 3 N–H and O–H groups in total. The van der Waals surface area contributed by atoms with Crippen molar-refractivity contribution >= 4 is 17.5 Å². The number of fused-ring (bicyclic) bond motifs is 7. The van der Waals surface area contributed by atoms with Gasteiger partial charge in [-0.3, -0.25) is 4.90 Å². The fourth-order valence-corrected chi connectivity index (χ4v) is 4.29. The summed E-state index contributed by atoms with van der Waals surface area (Å²) in [7, 11) is 0. The zero-order chi connectivity index (χ0) is 22.3. The lowest BCUT2D eigenvalue weighted by Crippen LogP contribution is -2.36. The number of nitrogens with one attached hydrogen (secondary N) is 3. The molecule has 8 nitrogen and oxygen atoms in total. The van der Waals surface area contributed by atoms with Crippen molar-refractivity contribution in [3.63, 3.8) is 0 Å². The zero-order valence-corrected chi connectivity index (χ0v) is 18.8. The number of nitrogens with zero attached hydrogens (tertiary/aromatic N) is 4. The maximum atomic E-state index is 6.37. The van der Waals surface area contributed by atoms with Gasteiger partial charge < -0.3 is 20.7 Å². The first-order valence-corrected chi connectivity index (χ1v) is 11.8. The van der Waals surface area contributed by atoms with Crippen LogP contribution in [0.25, 0.3) is 11.1 Å². The number of benzene rings is 1. The molecule has 2 aromatic heterocycles. The Bertz CT molecular complexity index is 1040. The van der Waals surface area contributed by atoms with Crippen molar-refractivity contribution < 1.29 is 4.74 Å². The molecule has 1 saturated heterocycles. The molecule has 0 amide bonds. The number of rotatable bonds is 0. The van der Waals surface area contributed by atoms with E-state index in [1.807, 2.05) is 48.8 Å². The van der Waals surface area contributed by atoms with Gasteiger partial charge in [-0.15, -0.1) is 0 Å². The summed E-state index contributed by atoms with van der Waals surface area (Å²) in [6, 6.07) is 12.1. The maximum absolute atomic E-state index is 6.37. The molecule has 8 heteroatoms. The monoisotopic (exact) mass is 445 g/mol. The van der Waals surface area contributed by atoms with Crippen LogP contribution in [0.2, 0.25) is 0 Å². The molecule has 0 aliphatic carbocycles. The number of anilines is 3. The third-order valence-corrected chi connectivity index (χ3v) is 6.07. The van der Waals surface area contributed by atoms with E-state index in [4.69, 9.17) is 4.74 Å². The molecular weight excluding hydrogens is 414 g/mol. The largest absolute Gasteiger partial charge is 0.490 e. The van der Waals surface area contributed by atoms with Crippen molar-refractivity contribution in [2.45, 2.75) is 31.8 Å². The third-order valence-electron chi connectivity index (χ3n) is 6.07. The molecule has 8 bridgehead atoms. The second kappa shape index (κ2) is 10.6. The number of aromatic nitrogens is 3. The summed E-state index contributed by atoms with van der Waals surface area (Å²) in [5.41, 5.74) is 2.92. The number of hydrogen-bond donors (Lipinski definition) is 3. The minimum atomic E-state index is 0.247. The Balaban J connectivity index is 1.37. The summed E-state index contributed by atoms with van der Waals surface area (Å²) < 4.78 is 6.37. The Morgan fingerprint density at radius 3 is 2.79 bits per heavy atom. The van der Waals surface area contributed by atoms with Gasteiger partial charge in [0, 0.05) is 55.7 Å². The lowest BCUT2D eigenvalue weighted by molar-refractivity contribution is 0.179. The van der Waals surface area contributed by atoms with Gasteiger partial charge in [0.2, 0.25) is 5.95 Å². The predicted molar refractivity (Wildman–Crippen MR) is 131 cm³/mol. The van der Waals surface area contributed by atoms with E-state index in [9.17, 15) is 0 Å². The van der Waals surface area contributed by atoms with Crippen LogP contribution in [0.15, 0.2) is 55.0 Å². The summed E-state index contributed by atoms with van der Waals surface area (Å²) in [6.07, 6.45) is 10.0. The minimum Gasteiger partial charge on any atom is -0.490 e. The van der Waals surface area contributed by atoms with E-state index in [1.54, 1.807) is 6.20 Å². The van der Waals surface area contributed by atoms with Crippen molar-refractivity contribution in [3.05, 3.63) is 55.0 Å². The summed E-state index contributed by atoms with van der Waals surface area (Å²) in [5.74, 6) is 2.32. The second-order valence-corrected chi connectivity index (χ2v) is 8.61. The average molecular weight is 446 g/mol. The van der Waals surface area contributed by atoms with Gasteiger partial charge in [-0.05, 0) is 68.6 Å². The summed E-state index contributed by atoms with van der Waals surface area (Å²) in [4.78, 5) is 15.9. The van der Waals surface area contributed by atoms with Gasteiger partial charge in [0.15, 0.2) is 0 Å². The van der Waals surface area contributed by atoms with Gasteiger partial charge in [0.05, 0.1) is 6.10 Å². The van der Waals surface area contributed by atoms with E-state index in [0.29, 0.717) is 5.95 Å². The Morgan fingerprint density at radius 1 is 0.909 bits per heavy atom. The standard InChI is InChI=1S/C25H31N7O/c1-4-21-15-23(5-1)33-22-6-2-12-32(13-8-22)18-26-9-3-10-28-25-29-16-20(17-30-25)19-7-11-27-24(14-19)31-21/h1,4-5,7,11,14-17,22,26H,2-3,6,8-10,12-13,18H2,(H,27,31)(H,28,29,30). The highest BCUT2D eigenvalue weighted by molar-refractivity contribution is 5.68. The summed E-state index contributed by atoms with van der Waals surface area (Å²) in [6.45, 7) is 4.87. The number of hydrogen-bond acceptors (Lipinski definition) is 8. The highest BCUT2D eigenvalue weighted by atomic mass is 16.5. The molecule has 3 aliphatic heterocycles. The lowest BCUT2D eigenvalue weighted by atomic mass is 10.1. The number of pyridine rings is 1. The quantitative estimate of drug-likeness (QED) is 0.481. The maximum Gasteiger partial charge on any atom is 0.222 e. The van der Waals surface area contributed by atoms with E-state index in [1.165, 1.54) is 0 Å². The Morgan fingerprint density at radius 2 is 1.85 bits per heavy atom. The normalized spacial score (nSPS) is 21.5. The molecule has 6 rings (SSSR count). The molecule has 0 spiro atoms. The van der Waals surface area contributed by atoms with Crippen LogP contribution >= 0.6 is 0 Å². The highest BCUT2D eigenvalue weighted by Gasteiger charge is 2.18. The number of ether oxygens (including phenoxy) is 1. The smallest absolute Gasteiger partial charge is 0.222 e. The predicted octanol–water partition coefficient (Wildman–Crippen LogP) is 3.88. The Hall–Kier alpha value is -3.23. The molecule has 0 saturated carbocycles. The molecule has 1 fully saturated rings. The molecule has 3 aromatic rings. The molecular formula is C25H31N7O. The molecule has 2 unspecified atom stereocenters. The van der Waals surface area contributed by atoms with Gasteiger partial charge in [-0.2, -0.15) is 0 Å². The molecule has 2 atom stereocenters. The zero-order valence-electron chi connectivity index (χ0n) is 18.8. The van der Waals surface area contributed by atoms with Crippen LogP contribution in [0.1, 0.15) is 25.7 Å². The van der Waals surface area contributed by atoms with Gasteiger partial charge in [0.25, 0.3) is 0 Å². The van der Waals surface area contributed by atoms with E-state index in [2.05, 4.69) is 35.8 Å². The first-order valence-electron chi connectivity index (χ1n) is 11.8. The van der Waals surface area contributed by atoms with Crippen molar-refractivity contribution in [1.82, 2.24) is 25.2 Å². The van der Waals surface area contributed by atoms with Crippen LogP contribution < -0.4 is 20.7 Å². The van der Waals surface area contributed by atoms with Crippen LogP contribution in [-0.2, 0) is 0 Å². The van der Waals surface area contributed by atoms with Crippen molar-refractivity contribution in [2.75, 3.05) is 43.5 Å². The van der Waals surface area contributed by atoms with E-state index in [0.717, 1.165) is 86.9 Å². The molecule has 172 valence electrons. The third kappa shape index (κ3) is 5.97. The van der Waals surface area contributed by atoms with Gasteiger partial charge in [-0.1, -0.05) is 6.07 Å². The SMILES string of the molecule is c1cc2cc(c1)OC1CCCN(CC1)CNCCCNc1ncc(cn1)-c1ccnc(c1)N2.